The zero-order valence-electron chi connectivity index (χ0n) is 13.3. The molecule has 0 N–H and O–H groups in total. The maximum absolute atomic E-state index is 4.70. The van der Waals surface area contributed by atoms with Gasteiger partial charge < -0.3 is 4.57 Å². The summed E-state index contributed by atoms with van der Waals surface area (Å²) in [6, 6.07) is 6.56. The molecule has 0 spiro atoms. The Kier molecular flexibility index (Phi) is 4.58. The smallest absolute Gasteiger partial charge is 0.149 e. The van der Waals surface area contributed by atoms with Crippen molar-refractivity contribution in [1.29, 1.82) is 0 Å². The number of nitrogens with zero attached hydrogens (tertiary/aromatic N) is 3. The second-order valence-electron chi connectivity index (χ2n) is 5.76. The van der Waals surface area contributed by atoms with Crippen LogP contribution >= 0.6 is 0 Å². The van der Waals surface area contributed by atoms with Crippen molar-refractivity contribution >= 4 is 11.0 Å². The molecule has 0 saturated heterocycles. The average molecular weight is 271 g/mol. The fraction of sp³-hybridized carbons (Fsp3) is 0.529. The Morgan fingerprint density at radius 2 is 2.05 bits per heavy atom. The van der Waals surface area contributed by atoms with E-state index < -0.39 is 0 Å². The fourth-order valence-electron chi connectivity index (χ4n) is 2.54. The Morgan fingerprint density at radius 1 is 1.30 bits per heavy atom. The average Bonchev–Trinajstić information content (AvgIpc) is 2.43. The van der Waals surface area contributed by atoms with Crippen molar-refractivity contribution in [2.24, 2.45) is 10.9 Å². The number of aromatic nitrogens is 2. The molecule has 0 unspecified atom stereocenters. The highest BCUT2D eigenvalue weighted by atomic mass is 15.0. The molecule has 2 aromatic rings. The summed E-state index contributed by atoms with van der Waals surface area (Å²) in [5, 5.41) is 0. The van der Waals surface area contributed by atoms with E-state index in [1.54, 1.807) is 0 Å². The number of fused-ring (bicyclic) bond motifs is 1. The summed E-state index contributed by atoms with van der Waals surface area (Å²) in [5.41, 5.74) is 5.63. The van der Waals surface area contributed by atoms with Crippen LogP contribution in [0.1, 0.15) is 38.4 Å². The third kappa shape index (κ3) is 2.92. The first-order valence-corrected chi connectivity index (χ1v) is 7.49. The van der Waals surface area contributed by atoms with Gasteiger partial charge in [0.25, 0.3) is 0 Å². The van der Waals surface area contributed by atoms with E-state index in [-0.39, 0.29) is 0 Å². The molecule has 0 aliphatic heterocycles. The minimum atomic E-state index is 0.685. The Hall–Kier alpha value is -1.64. The van der Waals surface area contributed by atoms with Crippen molar-refractivity contribution in [3.63, 3.8) is 0 Å². The second-order valence-corrected chi connectivity index (χ2v) is 5.76. The first kappa shape index (κ1) is 14.8. The number of benzene rings is 1. The molecule has 0 aliphatic rings. The maximum Gasteiger partial charge on any atom is 0.149 e. The molecule has 1 heterocycles. The largest absolute Gasteiger partial charge is 0.323 e. The lowest BCUT2D eigenvalue weighted by molar-refractivity contribution is 0.511. The van der Waals surface area contributed by atoms with Crippen LogP contribution in [0.3, 0.4) is 0 Å². The van der Waals surface area contributed by atoms with Gasteiger partial charge in [0.1, 0.15) is 5.49 Å². The second kappa shape index (κ2) is 6.21. The molecule has 2 rings (SSSR count). The molecule has 0 atom stereocenters. The molecule has 0 radical (unpaired) electrons. The molecular weight excluding hydrogens is 246 g/mol. The molecule has 0 aliphatic carbocycles. The zero-order chi connectivity index (χ0) is 14.7. The van der Waals surface area contributed by atoms with E-state index in [1.165, 1.54) is 11.1 Å². The van der Waals surface area contributed by atoms with E-state index >= 15 is 0 Å². The lowest BCUT2D eigenvalue weighted by Gasteiger charge is -2.15. The summed E-state index contributed by atoms with van der Waals surface area (Å²) < 4.78 is 2.33. The zero-order valence-corrected chi connectivity index (χ0v) is 13.3. The molecule has 0 saturated carbocycles. The van der Waals surface area contributed by atoms with Gasteiger partial charge in [0, 0.05) is 13.6 Å². The van der Waals surface area contributed by atoms with Crippen LogP contribution in [0.4, 0.5) is 0 Å². The molecule has 0 bridgehead atoms. The van der Waals surface area contributed by atoms with E-state index in [0.29, 0.717) is 5.92 Å². The Bertz CT molecular complexity index is 666. The van der Waals surface area contributed by atoms with Crippen molar-refractivity contribution in [3.8, 4) is 0 Å². The summed E-state index contributed by atoms with van der Waals surface area (Å²) in [7, 11) is 1.85. The van der Waals surface area contributed by atoms with Gasteiger partial charge in [-0.2, -0.15) is 0 Å². The number of hydrogen-bond acceptors (Lipinski definition) is 2. The SMILES string of the molecule is CCc1ccc2nc(C)/c(=N\C)n(CCC(C)C)c2c1. The Morgan fingerprint density at radius 3 is 2.65 bits per heavy atom. The molecule has 0 amide bonds. The summed E-state index contributed by atoms with van der Waals surface area (Å²) in [5.74, 6) is 0.685. The van der Waals surface area contributed by atoms with Gasteiger partial charge in [-0.25, -0.2) is 4.98 Å². The maximum atomic E-state index is 4.70. The van der Waals surface area contributed by atoms with Crippen molar-refractivity contribution in [1.82, 2.24) is 9.55 Å². The summed E-state index contributed by atoms with van der Waals surface area (Å²) in [4.78, 5) is 9.15. The quantitative estimate of drug-likeness (QED) is 0.837. The minimum absolute atomic E-state index is 0.685. The predicted molar refractivity (Wildman–Crippen MR) is 84.8 cm³/mol. The highest BCUT2D eigenvalue weighted by molar-refractivity contribution is 5.75. The van der Waals surface area contributed by atoms with E-state index in [2.05, 4.69) is 48.5 Å². The van der Waals surface area contributed by atoms with Crippen molar-refractivity contribution in [3.05, 3.63) is 34.9 Å². The van der Waals surface area contributed by atoms with E-state index in [9.17, 15) is 0 Å². The van der Waals surface area contributed by atoms with Gasteiger partial charge >= 0.3 is 0 Å². The van der Waals surface area contributed by atoms with E-state index in [1.807, 2.05) is 14.0 Å². The van der Waals surface area contributed by atoms with Crippen LogP contribution in [0, 0.1) is 12.8 Å². The third-order valence-corrected chi connectivity index (χ3v) is 3.75. The third-order valence-electron chi connectivity index (χ3n) is 3.75. The molecule has 20 heavy (non-hydrogen) atoms. The lowest BCUT2D eigenvalue weighted by Crippen LogP contribution is -2.26. The first-order valence-electron chi connectivity index (χ1n) is 7.49. The monoisotopic (exact) mass is 271 g/mol. The summed E-state index contributed by atoms with van der Waals surface area (Å²) in [6.45, 7) is 9.75. The van der Waals surface area contributed by atoms with Gasteiger partial charge in [0.05, 0.1) is 16.7 Å². The molecule has 1 aromatic carbocycles. The van der Waals surface area contributed by atoms with Crippen molar-refractivity contribution in [2.45, 2.75) is 47.1 Å². The van der Waals surface area contributed by atoms with Crippen molar-refractivity contribution < 1.29 is 0 Å². The first-order chi connectivity index (χ1) is 9.56. The van der Waals surface area contributed by atoms with Crippen LogP contribution in [-0.2, 0) is 13.0 Å². The summed E-state index contributed by atoms with van der Waals surface area (Å²) >= 11 is 0. The fourth-order valence-corrected chi connectivity index (χ4v) is 2.54. The van der Waals surface area contributed by atoms with Gasteiger partial charge in [-0.05, 0) is 43.4 Å². The van der Waals surface area contributed by atoms with Gasteiger partial charge in [-0.1, -0.05) is 26.8 Å². The minimum Gasteiger partial charge on any atom is -0.323 e. The van der Waals surface area contributed by atoms with Gasteiger partial charge in [-0.3, -0.25) is 4.99 Å². The Labute approximate surface area is 121 Å². The van der Waals surface area contributed by atoms with Crippen molar-refractivity contribution in [2.75, 3.05) is 7.05 Å². The van der Waals surface area contributed by atoms with E-state index in [0.717, 1.165) is 36.1 Å². The normalized spacial score (nSPS) is 12.6. The van der Waals surface area contributed by atoms with Crippen LogP contribution in [-0.4, -0.2) is 16.6 Å². The molecular formula is C17H25N3. The highest BCUT2D eigenvalue weighted by Crippen LogP contribution is 2.15. The molecule has 1 aromatic heterocycles. The van der Waals surface area contributed by atoms with E-state index in [4.69, 9.17) is 4.98 Å². The standard InChI is InChI=1S/C17H25N3/c1-6-14-7-8-15-16(11-14)20(10-9-12(2)3)17(18-5)13(4)19-15/h7-8,11-12H,6,9-10H2,1-5H3/b18-17+. The predicted octanol–water partition coefficient (Wildman–Crippen LogP) is 3.48. The topological polar surface area (TPSA) is 30.2 Å². The number of rotatable bonds is 4. The van der Waals surface area contributed by atoms with Gasteiger partial charge in [0.2, 0.25) is 0 Å². The molecule has 3 nitrogen and oxygen atoms in total. The van der Waals surface area contributed by atoms with Crippen LogP contribution in [0.2, 0.25) is 0 Å². The molecule has 3 heteroatoms. The van der Waals surface area contributed by atoms with Crippen LogP contribution in [0.25, 0.3) is 11.0 Å². The lowest BCUT2D eigenvalue weighted by atomic mass is 10.1. The molecule has 0 fully saturated rings. The van der Waals surface area contributed by atoms with Crippen LogP contribution < -0.4 is 5.49 Å². The van der Waals surface area contributed by atoms with Crippen LogP contribution in [0.5, 0.6) is 0 Å². The van der Waals surface area contributed by atoms with Gasteiger partial charge in [-0.15, -0.1) is 0 Å². The summed E-state index contributed by atoms with van der Waals surface area (Å²) in [6.07, 6.45) is 2.20. The number of aryl methyl sites for hydroxylation is 3. The highest BCUT2D eigenvalue weighted by Gasteiger charge is 2.08. The number of hydrogen-bond donors (Lipinski definition) is 0. The van der Waals surface area contributed by atoms with Gasteiger partial charge in [0.15, 0.2) is 0 Å². The Balaban J connectivity index is 2.69. The van der Waals surface area contributed by atoms with Crippen LogP contribution in [0.15, 0.2) is 23.2 Å². The molecule has 108 valence electrons.